The molecular weight excluding hydrogens is 356 g/mol. The average Bonchev–Trinajstić information content (AvgIpc) is 3.08. The molecule has 0 aromatic heterocycles. The second-order valence-corrected chi connectivity index (χ2v) is 6.33. The van der Waals surface area contributed by atoms with Gasteiger partial charge in [-0.05, 0) is 37.6 Å². The third-order valence-corrected chi connectivity index (χ3v) is 4.63. The van der Waals surface area contributed by atoms with Gasteiger partial charge in [0, 0.05) is 31.2 Å². The molecule has 1 atom stereocenters. The normalized spacial score (nSPS) is 20.7. The highest BCUT2D eigenvalue weighted by molar-refractivity contribution is 6.30. The SMILES string of the molecule is Cl.O=C(c1ccc(Cl)cc1F)N1CCN(C(=O)C2CCCN2)CC1. The molecule has 0 saturated carbocycles. The van der Waals surface area contributed by atoms with Crippen LogP contribution in [0.3, 0.4) is 0 Å². The molecule has 1 aromatic carbocycles. The Labute approximate surface area is 151 Å². The van der Waals surface area contributed by atoms with E-state index in [1.165, 1.54) is 12.1 Å². The van der Waals surface area contributed by atoms with Crippen LogP contribution in [0.15, 0.2) is 18.2 Å². The number of amides is 2. The fraction of sp³-hybridized carbons (Fsp3) is 0.500. The van der Waals surface area contributed by atoms with Gasteiger partial charge in [-0.25, -0.2) is 4.39 Å². The van der Waals surface area contributed by atoms with Crippen LogP contribution in [0.1, 0.15) is 23.2 Å². The third kappa shape index (κ3) is 3.99. The van der Waals surface area contributed by atoms with Gasteiger partial charge in [0.2, 0.25) is 5.91 Å². The number of rotatable bonds is 2. The van der Waals surface area contributed by atoms with E-state index >= 15 is 0 Å². The van der Waals surface area contributed by atoms with Gasteiger partial charge < -0.3 is 15.1 Å². The predicted octanol–water partition coefficient (Wildman–Crippen LogP) is 1.94. The summed E-state index contributed by atoms with van der Waals surface area (Å²) in [6.45, 7) is 2.68. The van der Waals surface area contributed by atoms with E-state index in [4.69, 9.17) is 11.6 Å². The number of nitrogens with one attached hydrogen (secondary N) is 1. The van der Waals surface area contributed by atoms with Crippen molar-refractivity contribution in [1.82, 2.24) is 15.1 Å². The summed E-state index contributed by atoms with van der Waals surface area (Å²) in [4.78, 5) is 28.1. The van der Waals surface area contributed by atoms with Crippen LogP contribution in [0.4, 0.5) is 4.39 Å². The molecule has 0 radical (unpaired) electrons. The molecule has 0 bridgehead atoms. The van der Waals surface area contributed by atoms with Crippen molar-refractivity contribution in [3.8, 4) is 0 Å². The molecule has 0 spiro atoms. The van der Waals surface area contributed by atoms with Crippen LogP contribution >= 0.6 is 24.0 Å². The molecule has 5 nitrogen and oxygen atoms in total. The molecular formula is C16H20Cl2FN3O2. The van der Waals surface area contributed by atoms with Gasteiger partial charge in [0.15, 0.2) is 0 Å². The molecule has 1 N–H and O–H groups in total. The molecule has 1 aromatic rings. The molecule has 2 fully saturated rings. The Kier molecular flexibility index (Phi) is 6.43. The van der Waals surface area contributed by atoms with Gasteiger partial charge in [0.05, 0.1) is 11.6 Å². The van der Waals surface area contributed by atoms with Gasteiger partial charge in [-0.2, -0.15) is 0 Å². The van der Waals surface area contributed by atoms with E-state index in [9.17, 15) is 14.0 Å². The number of piperazine rings is 1. The zero-order chi connectivity index (χ0) is 16.4. The van der Waals surface area contributed by atoms with Crippen molar-refractivity contribution in [3.05, 3.63) is 34.6 Å². The van der Waals surface area contributed by atoms with E-state index in [1.807, 2.05) is 0 Å². The zero-order valence-corrected chi connectivity index (χ0v) is 14.7. The molecule has 24 heavy (non-hydrogen) atoms. The fourth-order valence-corrected chi connectivity index (χ4v) is 3.24. The van der Waals surface area contributed by atoms with Gasteiger partial charge >= 0.3 is 0 Å². The van der Waals surface area contributed by atoms with E-state index in [2.05, 4.69) is 5.32 Å². The lowest BCUT2D eigenvalue weighted by molar-refractivity contribution is -0.134. The number of halogens is 3. The van der Waals surface area contributed by atoms with Crippen molar-refractivity contribution in [3.63, 3.8) is 0 Å². The lowest BCUT2D eigenvalue weighted by atomic mass is 10.1. The van der Waals surface area contributed by atoms with E-state index in [0.717, 1.165) is 25.5 Å². The fourth-order valence-electron chi connectivity index (χ4n) is 3.08. The van der Waals surface area contributed by atoms with Gasteiger partial charge in [0.1, 0.15) is 5.82 Å². The largest absolute Gasteiger partial charge is 0.338 e. The van der Waals surface area contributed by atoms with E-state index in [0.29, 0.717) is 26.2 Å². The summed E-state index contributed by atoms with van der Waals surface area (Å²) in [6, 6.07) is 3.95. The summed E-state index contributed by atoms with van der Waals surface area (Å²) in [5.74, 6) is -0.867. The van der Waals surface area contributed by atoms with Crippen molar-refractivity contribution >= 4 is 35.8 Å². The third-order valence-electron chi connectivity index (χ3n) is 4.40. The summed E-state index contributed by atoms with van der Waals surface area (Å²) >= 11 is 5.71. The first-order chi connectivity index (χ1) is 11.1. The highest BCUT2D eigenvalue weighted by Crippen LogP contribution is 2.18. The maximum atomic E-state index is 13.9. The Morgan fingerprint density at radius 2 is 1.83 bits per heavy atom. The predicted molar refractivity (Wildman–Crippen MR) is 92.2 cm³/mol. The quantitative estimate of drug-likeness (QED) is 0.859. The van der Waals surface area contributed by atoms with E-state index in [1.54, 1.807) is 9.80 Å². The van der Waals surface area contributed by atoms with Crippen molar-refractivity contribution in [2.75, 3.05) is 32.7 Å². The lowest BCUT2D eigenvalue weighted by Gasteiger charge is -2.36. The van der Waals surface area contributed by atoms with Crippen LogP contribution in [0.25, 0.3) is 0 Å². The molecule has 3 rings (SSSR count). The van der Waals surface area contributed by atoms with Crippen LogP contribution in [0.5, 0.6) is 0 Å². The first-order valence-electron chi connectivity index (χ1n) is 7.83. The van der Waals surface area contributed by atoms with Gasteiger partial charge in [-0.3, -0.25) is 9.59 Å². The molecule has 1 unspecified atom stereocenters. The van der Waals surface area contributed by atoms with Crippen LogP contribution in [-0.4, -0.2) is 60.4 Å². The average molecular weight is 376 g/mol. The number of nitrogens with zero attached hydrogens (tertiary/aromatic N) is 2. The molecule has 8 heteroatoms. The van der Waals surface area contributed by atoms with Crippen molar-refractivity contribution < 1.29 is 14.0 Å². The van der Waals surface area contributed by atoms with Crippen LogP contribution in [-0.2, 0) is 4.79 Å². The minimum atomic E-state index is -0.615. The monoisotopic (exact) mass is 375 g/mol. The Bertz CT molecular complexity index is 615. The molecule has 0 aliphatic carbocycles. The van der Waals surface area contributed by atoms with E-state index in [-0.39, 0.29) is 40.8 Å². The lowest BCUT2D eigenvalue weighted by Crippen LogP contribution is -2.54. The highest BCUT2D eigenvalue weighted by Gasteiger charge is 2.31. The maximum Gasteiger partial charge on any atom is 0.256 e. The number of hydrogen-bond acceptors (Lipinski definition) is 3. The van der Waals surface area contributed by atoms with Gasteiger partial charge in [-0.15, -0.1) is 12.4 Å². The Balaban J connectivity index is 0.00000208. The second kappa shape index (κ2) is 8.14. The number of hydrogen-bond donors (Lipinski definition) is 1. The molecule has 2 amide bonds. The topological polar surface area (TPSA) is 52.7 Å². The van der Waals surface area contributed by atoms with Crippen molar-refractivity contribution in [2.45, 2.75) is 18.9 Å². The number of carbonyl (C=O) groups excluding carboxylic acids is 2. The molecule has 2 heterocycles. The Morgan fingerprint density at radius 1 is 1.17 bits per heavy atom. The van der Waals surface area contributed by atoms with E-state index < -0.39 is 5.82 Å². The molecule has 2 aliphatic rings. The van der Waals surface area contributed by atoms with Crippen LogP contribution in [0.2, 0.25) is 5.02 Å². The molecule has 132 valence electrons. The summed E-state index contributed by atoms with van der Waals surface area (Å²) in [5, 5.41) is 3.45. The maximum absolute atomic E-state index is 13.9. The van der Waals surface area contributed by atoms with Crippen LogP contribution in [0, 0.1) is 5.82 Å². The standard InChI is InChI=1S/C16H19ClFN3O2.ClH/c17-11-3-4-12(13(18)10-11)15(22)20-6-8-21(9-7-20)16(23)14-2-1-5-19-14;/h3-4,10,14,19H,1-2,5-9H2;1H. The first kappa shape index (κ1) is 19.0. The smallest absolute Gasteiger partial charge is 0.256 e. The summed E-state index contributed by atoms with van der Waals surface area (Å²) in [6.07, 6.45) is 1.89. The Hall–Kier alpha value is -1.37. The number of benzene rings is 1. The summed E-state index contributed by atoms with van der Waals surface area (Å²) in [7, 11) is 0. The molecule has 2 saturated heterocycles. The highest BCUT2D eigenvalue weighted by atomic mass is 35.5. The van der Waals surface area contributed by atoms with Gasteiger partial charge in [-0.1, -0.05) is 11.6 Å². The van der Waals surface area contributed by atoms with Crippen LogP contribution < -0.4 is 5.32 Å². The minimum Gasteiger partial charge on any atom is -0.338 e. The number of carbonyl (C=O) groups is 2. The Morgan fingerprint density at radius 3 is 2.42 bits per heavy atom. The minimum absolute atomic E-state index is 0. The van der Waals surface area contributed by atoms with Crippen molar-refractivity contribution in [2.24, 2.45) is 0 Å². The summed E-state index contributed by atoms with van der Waals surface area (Å²) < 4.78 is 13.9. The molecule has 2 aliphatic heterocycles. The van der Waals surface area contributed by atoms with Crippen molar-refractivity contribution in [1.29, 1.82) is 0 Å². The zero-order valence-electron chi connectivity index (χ0n) is 13.1. The first-order valence-corrected chi connectivity index (χ1v) is 8.20. The van der Waals surface area contributed by atoms with Gasteiger partial charge in [0.25, 0.3) is 5.91 Å². The second-order valence-electron chi connectivity index (χ2n) is 5.89. The summed E-state index contributed by atoms with van der Waals surface area (Å²) in [5.41, 5.74) is 0.0200.